The molecule has 6 heteroatoms. The van der Waals surface area contributed by atoms with E-state index in [-0.39, 0.29) is 11.8 Å². The molecule has 2 aromatic rings. The number of anilines is 1. The molecule has 0 bridgehead atoms. The molecule has 1 aromatic heterocycles. The van der Waals surface area contributed by atoms with Gasteiger partial charge in [0.1, 0.15) is 0 Å². The van der Waals surface area contributed by atoms with Gasteiger partial charge in [0.05, 0.1) is 11.6 Å². The number of amides is 2. The van der Waals surface area contributed by atoms with Crippen molar-refractivity contribution in [1.29, 1.82) is 0 Å². The van der Waals surface area contributed by atoms with E-state index in [9.17, 15) is 9.59 Å². The van der Waals surface area contributed by atoms with Gasteiger partial charge in [-0.1, -0.05) is 0 Å². The Labute approximate surface area is 139 Å². The Kier molecular flexibility index (Phi) is 4.71. The van der Waals surface area contributed by atoms with Crippen LogP contribution in [0.3, 0.4) is 0 Å². The lowest BCUT2D eigenvalue weighted by molar-refractivity contribution is -0.119. The van der Waals surface area contributed by atoms with Crippen LogP contribution in [0.25, 0.3) is 0 Å². The van der Waals surface area contributed by atoms with E-state index in [0.717, 1.165) is 35.0 Å². The SMILES string of the molecule is Cc1ncc(CNC(=O)c2ccc(N3CCCCC3=O)cc2)s1. The van der Waals surface area contributed by atoms with Gasteiger partial charge in [0.25, 0.3) is 5.91 Å². The Bertz CT molecular complexity index is 709. The van der Waals surface area contributed by atoms with Gasteiger partial charge in [0.15, 0.2) is 0 Å². The Morgan fingerprint density at radius 2 is 2.09 bits per heavy atom. The summed E-state index contributed by atoms with van der Waals surface area (Å²) in [5.41, 5.74) is 1.46. The number of carbonyl (C=O) groups excluding carboxylic acids is 2. The largest absolute Gasteiger partial charge is 0.347 e. The van der Waals surface area contributed by atoms with Crippen LogP contribution in [0.1, 0.15) is 39.5 Å². The molecule has 2 amide bonds. The topological polar surface area (TPSA) is 62.3 Å². The number of rotatable bonds is 4. The summed E-state index contributed by atoms with van der Waals surface area (Å²) in [6.45, 7) is 3.18. The van der Waals surface area contributed by atoms with Gasteiger partial charge in [0.2, 0.25) is 5.91 Å². The zero-order valence-electron chi connectivity index (χ0n) is 13.0. The number of nitrogens with one attached hydrogen (secondary N) is 1. The van der Waals surface area contributed by atoms with Crippen LogP contribution in [0.4, 0.5) is 5.69 Å². The van der Waals surface area contributed by atoms with Crippen molar-refractivity contribution in [2.24, 2.45) is 0 Å². The van der Waals surface area contributed by atoms with Crippen LogP contribution < -0.4 is 10.2 Å². The van der Waals surface area contributed by atoms with Gasteiger partial charge >= 0.3 is 0 Å². The maximum Gasteiger partial charge on any atom is 0.251 e. The van der Waals surface area contributed by atoms with E-state index in [2.05, 4.69) is 10.3 Å². The van der Waals surface area contributed by atoms with E-state index >= 15 is 0 Å². The molecule has 0 radical (unpaired) electrons. The van der Waals surface area contributed by atoms with Gasteiger partial charge in [-0.25, -0.2) is 4.98 Å². The second-order valence-corrected chi connectivity index (χ2v) is 6.90. The molecule has 0 unspecified atom stereocenters. The second-order valence-electron chi connectivity index (χ2n) is 5.58. The third kappa shape index (κ3) is 3.76. The fraction of sp³-hybridized carbons (Fsp3) is 0.353. The van der Waals surface area contributed by atoms with E-state index < -0.39 is 0 Å². The highest BCUT2D eigenvalue weighted by Crippen LogP contribution is 2.21. The lowest BCUT2D eigenvalue weighted by Gasteiger charge is -2.26. The first-order valence-corrected chi connectivity index (χ1v) is 8.55. The van der Waals surface area contributed by atoms with Gasteiger partial charge in [0, 0.05) is 35.3 Å². The maximum atomic E-state index is 12.2. The number of carbonyl (C=O) groups is 2. The molecular formula is C17H19N3O2S. The van der Waals surface area contributed by atoms with E-state index in [4.69, 9.17) is 0 Å². The van der Waals surface area contributed by atoms with Crippen LogP contribution in [-0.2, 0) is 11.3 Å². The van der Waals surface area contributed by atoms with Crippen LogP contribution in [0.15, 0.2) is 30.5 Å². The summed E-state index contributed by atoms with van der Waals surface area (Å²) in [7, 11) is 0. The fourth-order valence-electron chi connectivity index (χ4n) is 2.63. The van der Waals surface area contributed by atoms with Crippen LogP contribution in [0, 0.1) is 6.92 Å². The fourth-order valence-corrected chi connectivity index (χ4v) is 3.36. The van der Waals surface area contributed by atoms with Crippen molar-refractivity contribution in [3.8, 4) is 0 Å². The molecule has 2 heterocycles. The maximum absolute atomic E-state index is 12.2. The number of aromatic nitrogens is 1. The predicted molar refractivity (Wildman–Crippen MR) is 90.7 cm³/mol. The van der Waals surface area contributed by atoms with Crippen LogP contribution in [-0.4, -0.2) is 23.3 Å². The number of aryl methyl sites for hydroxylation is 1. The summed E-state index contributed by atoms with van der Waals surface area (Å²) in [4.78, 5) is 31.1. The van der Waals surface area contributed by atoms with Crippen molar-refractivity contribution < 1.29 is 9.59 Å². The van der Waals surface area contributed by atoms with Crippen LogP contribution in [0.2, 0.25) is 0 Å². The predicted octanol–water partition coefficient (Wildman–Crippen LogP) is 2.90. The minimum Gasteiger partial charge on any atom is -0.347 e. The van der Waals surface area contributed by atoms with E-state index in [1.54, 1.807) is 34.6 Å². The number of hydrogen-bond donors (Lipinski definition) is 1. The van der Waals surface area contributed by atoms with Crippen LogP contribution >= 0.6 is 11.3 Å². The first-order chi connectivity index (χ1) is 11.1. The molecule has 1 fully saturated rings. The van der Waals surface area contributed by atoms with Crippen molar-refractivity contribution in [3.05, 3.63) is 45.9 Å². The van der Waals surface area contributed by atoms with Crippen molar-refractivity contribution >= 4 is 28.8 Å². The lowest BCUT2D eigenvalue weighted by Crippen LogP contribution is -2.35. The zero-order chi connectivity index (χ0) is 16.2. The monoisotopic (exact) mass is 329 g/mol. The normalized spacial score (nSPS) is 14.8. The number of hydrogen-bond acceptors (Lipinski definition) is 4. The van der Waals surface area contributed by atoms with Gasteiger partial charge in [-0.05, 0) is 44.0 Å². The van der Waals surface area contributed by atoms with E-state index in [0.29, 0.717) is 18.5 Å². The highest BCUT2D eigenvalue weighted by Gasteiger charge is 2.19. The molecule has 0 atom stereocenters. The molecule has 23 heavy (non-hydrogen) atoms. The van der Waals surface area contributed by atoms with Crippen LogP contribution in [0.5, 0.6) is 0 Å². The number of thiazole rings is 1. The van der Waals surface area contributed by atoms with Gasteiger partial charge < -0.3 is 10.2 Å². The second kappa shape index (κ2) is 6.91. The number of nitrogens with zero attached hydrogens (tertiary/aromatic N) is 2. The first kappa shape index (κ1) is 15.7. The molecule has 0 aliphatic carbocycles. The quantitative estimate of drug-likeness (QED) is 0.938. The Balaban J connectivity index is 1.62. The zero-order valence-corrected chi connectivity index (χ0v) is 13.9. The molecule has 1 aromatic carbocycles. The van der Waals surface area contributed by atoms with Crippen molar-refractivity contribution in [2.45, 2.75) is 32.7 Å². The average molecular weight is 329 g/mol. The van der Waals surface area contributed by atoms with E-state index in [1.807, 2.05) is 19.1 Å². The van der Waals surface area contributed by atoms with Crippen molar-refractivity contribution in [2.75, 3.05) is 11.4 Å². The lowest BCUT2D eigenvalue weighted by atomic mass is 10.1. The summed E-state index contributed by atoms with van der Waals surface area (Å²) < 4.78 is 0. The van der Waals surface area contributed by atoms with Crippen molar-refractivity contribution in [1.82, 2.24) is 10.3 Å². The summed E-state index contributed by atoms with van der Waals surface area (Å²) in [5, 5.41) is 3.88. The summed E-state index contributed by atoms with van der Waals surface area (Å²) in [6, 6.07) is 7.22. The van der Waals surface area contributed by atoms with Gasteiger partial charge in [-0.15, -0.1) is 11.3 Å². The molecule has 1 N–H and O–H groups in total. The number of benzene rings is 1. The first-order valence-electron chi connectivity index (χ1n) is 7.73. The van der Waals surface area contributed by atoms with Gasteiger partial charge in [-0.2, -0.15) is 0 Å². The molecule has 0 saturated carbocycles. The molecule has 3 rings (SSSR count). The summed E-state index contributed by atoms with van der Waals surface area (Å²) >= 11 is 1.58. The highest BCUT2D eigenvalue weighted by atomic mass is 32.1. The molecule has 1 aliphatic heterocycles. The minimum absolute atomic E-state index is 0.118. The smallest absolute Gasteiger partial charge is 0.251 e. The minimum atomic E-state index is -0.118. The molecule has 5 nitrogen and oxygen atoms in total. The third-order valence-electron chi connectivity index (χ3n) is 3.86. The summed E-state index contributed by atoms with van der Waals surface area (Å²) in [6.07, 6.45) is 4.39. The molecular weight excluding hydrogens is 310 g/mol. The molecule has 1 saturated heterocycles. The Hall–Kier alpha value is -2.21. The summed E-state index contributed by atoms with van der Waals surface area (Å²) in [5.74, 6) is 0.0431. The van der Waals surface area contributed by atoms with Crippen molar-refractivity contribution in [3.63, 3.8) is 0 Å². The van der Waals surface area contributed by atoms with Gasteiger partial charge in [-0.3, -0.25) is 9.59 Å². The molecule has 120 valence electrons. The number of piperidine rings is 1. The molecule has 1 aliphatic rings. The van der Waals surface area contributed by atoms with E-state index in [1.165, 1.54) is 0 Å². The highest BCUT2D eigenvalue weighted by molar-refractivity contribution is 7.11. The average Bonchev–Trinajstić information content (AvgIpc) is 2.99. The Morgan fingerprint density at radius 3 is 2.74 bits per heavy atom. The standard InChI is InChI=1S/C17H19N3O2S/c1-12-18-10-15(23-12)11-19-17(22)13-5-7-14(8-6-13)20-9-3-2-4-16(20)21/h5-8,10H,2-4,9,11H2,1H3,(H,19,22). The third-order valence-corrected chi connectivity index (χ3v) is 4.77. The molecule has 0 spiro atoms. The Morgan fingerprint density at radius 1 is 1.30 bits per heavy atom.